The highest BCUT2D eigenvalue weighted by Gasteiger charge is 2.28. The molecule has 0 amide bonds. The van der Waals surface area contributed by atoms with Crippen molar-refractivity contribution in [1.29, 1.82) is 0 Å². The minimum absolute atomic E-state index is 0.0600. The molecule has 0 atom stereocenters. The summed E-state index contributed by atoms with van der Waals surface area (Å²) < 4.78 is 39.7. The van der Waals surface area contributed by atoms with Gasteiger partial charge in [-0.1, -0.05) is 18.2 Å². The van der Waals surface area contributed by atoms with Crippen LogP contribution in [0.1, 0.15) is 16.8 Å². The second-order valence-corrected chi connectivity index (χ2v) is 6.65. The third-order valence-electron chi connectivity index (χ3n) is 3.25. The second-order valence-electron chi connectivity index (χ2n) is 4.69. The van der Waals surface area contributed by atoms with E-state index in [1.807, 2.05) is 0 Å². The van der Waals surface area contributed by atoms with Crippen molar-refractivity contribution in [2.24, 2.45) is 5.73 Å². The van der Waals surface area contributed by atoms with Crippen LogP contribution in [0.2, 0.25) is 0 Å². The summed E-state index contributed by atoms with van der Waals surface area (Å²) in [6.45, 7) is 1.68. The summed E-state index contributed by atoms with van der Waals surface area (Å²) in [6.07, 6.45) is 0. The topological polar surface area (TPSA) is 92.1 Å². The van der Waals surface area contributed by atoms with Gasteiger partial charge in [0, 0.05) is 37.0 Å². The number of hydrogen-bond acceptors (Lipinski definition) is 4. The number of benzene rings is 1. The molecular formula is C13H17FN4O2S. The first-order valence-corrected chi connectivity index (χ1v) is 7.75. The van der Waals surface area contributed by atoms with Crippen LogP contribution in [0.15, 0.2) is 29.3 Å². The molecule has 0 radical (unpaired) electrons. The lowest BCUT2D eigenvalue weighted by Gasteiger charge is -2.17. The molecule has 1 heterocycles. The lowest BCUT2D eigenvalue weighted by atomic mass is 10.2. The summed E-state index contributed by atoms with van der Waals surface area (Å²) in [5.74, 6) is -0.447. The van der Waals surface area contributed by atoms with Gasteiger partial charge in [-0.3, -0.25) is 5.10 Å². The van der Waals surface area contributed by atoms with E-state index >= 15 is 0 Å². The van der Waals surface area contributed by atoms with E-state index in [4.69, 9.17) is 5.73 Å². The summed E-state index contributed by atoms with van der Waals surface area (Å²) in [7, 11) is -2.45. The van der Waals surface area contributed by atoms with Gasteiger partial charge in [-0.15, -0.1) is 0 Å². The Morgan fingerprint density at radius 1 is 1.38 bits per heavy atom. The normalized spacial score (nSPS) is 12.0. The molecule has 8 heteroatoms. The summed E-state index contributed by atoms with van der Waals surface area (Å²) >= 11 is 0. The van der Waals surface area contributed by atoms with Crippen molar-refractivity contribution >= 4 is 10.0 Å². The largest absolute Gasteiger partial charge is 0.326 e. The highest BCUT2D eigenvalue weighted by atomic mass is 32.2. The van der Waals surface area contributed by atoms with E-state index in [0.29, 0.717) is 16.8 Å². The second kappa shape index (κ2) is 5.92. The number of nitrogens with one attached hydrogen (secondary N) is 1. The number of rotatable bonds is 5. The lowest BCUT2D eigenvalue weighted by molar-refractivity contribution is 0.453. The average Bonchev–Trinajstić information content (AvgIpc) is 2.82. The fourth-order valence-electron chi connectivity index (χ4n) is 1.98. The van der Waals surface area contributed by atoms with Gasteiger partial charge in [-0.2, -0.15) is 9.40 Å². The minimum Gasteiger partial charge on any atom is -0.326 e. The quantitative estimate of drug-likeness (QED) is 0.866. The van der Waals surface area contributed by atoms with Crippen LogP contribution in [-0.2, 0) is 23.1 Å². The number of nitrogens with two attached hydrogens (primary N) is 1. The standard InChI is InChI=1S/C13H17FN4O2S/c1-9-11(7-15)13(17-16-9)21(19,20)18(2)8-10-5-3-4-6-12(10)14/h3-6H,7-8,15H2,1-2H3,(H,16,17). The van der Waals surface area contributed by atoms with Crippen LogP contribution in [-0.4, -0.2) is 30.0 Å². The molecule has 0 aliphatic heterocycles. The number of aromatic amines is 1. The van der Waals surface area contributed by atoms with Gasteiger partial charge in [0.15, 0.2) is 5.03 Å². The molecule has 3 N–H and O–H groups in total. The zero-order chi connectivity index (χ0) is 15.6. The molecule has 0 aliphatic rings. The van der Waals surface area contributed by atoms with Crippen LogP contribution in [0.3, 0.4) is 0 Å². The first-order valence-electron chi connectivity index (χ1n) is 6.31. The Bertz CT molecular complexity index is 742. The Balaban J connectivity index is 2.33. The predicted octanol–water partition coefficient (Wildman–Crippen LogP) is 1.14. The number of aryl methyl sites for hydroxylation is 1. The number of hydrogen-bond donors (Lipinski definition) is 2. The molecule has 0 aliphatic carbocycles. The van der Waals surface area contributed by atoms with Crippen molar-refractivity contribution in [3.05, 3.63) is 46.9 Å². The zero-order valence-electron chi connectivity index (χ0n) is 11.8. The average molecular weight is 312 g/mol. The molecule has 1 aromatic heterocycles. The third-order valence-corrected chi connectivity index (χ3v) is 5.02. The Morgan fingerprint density at radius 2 is 2.05 bits per heavy atom. The number of sulfonamides is 1. The van der Waals surface area contributed by atoms with Gasteiger partial charge in [0.2, 0.25) is 0 Å². The fourth-order valence-corrected chi connectivity index (χ4v) is 3.30. The highest BCUT2D eigenvalue weighted by Crippen LogP contribution is 2.21. The van der Waals surface area contributed by atoms with Gasteiger partial charge in [0.05, 0.1) is 0 Å². The van der Waals surface area contributed by atoms with Crippen molar-refractivity contribution in [3.63, 3.8) is 0 Å². The molecule has 6 nitrogen and oxygen atoms in total. The molecule has 1 aromatic carbocycles. The molecule has 0 spiro atoms. The number of halogens is 1. The van der Waals surface area contributed by atoms with E-state index in [0.717, 1.165) is 4.31 Å². The van der Waals surface area contributed by atoms with Crippen LogP contribution in [0.25, 0.3) is 0 Å². The van der Waals surface area contributed by atoms with Gasteiger partial charge in [0.25, 0.3) is 10.0 Å². The molecule has 0 unspecified atom stereocenters. The van der Waals surface area contributed by atoms with Crippen LogP contribution in [0.4, 0.5) is 4.39 Å². The molecule has 2 rings (SSSR count). The summed E-state index contributed by atoms with van der Waals surface area (Å²) in [6, 6.07) is 6.04. The summed E-state index contributed by atoms with van der Waals surface area (Å²) in [4.78, 5) is 0. The number of H-pyrrole nitrogens is 1. The maximum atomic E-state index is 13.6. The monoisotopic (exact) mass is 312 g/mol. The highest BCUT2D eigenvalue weighted by molar-refractivity contribution is 7.89. The Labute approximate surface area is 122 Å². The first-order chi connectivity index (χ1) is 9.87. The van der Waals surface area contributed by atoms with Gasteiger partial charge in [-0.25, -0.2) is 12.8 Å². The Hall–Kier alpha value is -1.77. The number of nitrogens with zero attached hydrogens (tertiary/aromatic N) is 2. The molecule has 114 valence electrons. The maximum absolute atomic E-state index is 13.6. The van der Waals surface area contributed by atoms with Crippen molar-refractivity contribution in [1.82, 2.24) is 14.5 Å². The number of aromatic nitrogens is 2. The fraction of sp³-hybridized carbons (Fsp3) is 0.308. The molecule has 0 fully saturated rings. The Kier molecular flexibility index (Phi) is 4.40. The van der Waals surface area contributed by atoms with E-state index in [1.54, 1.807) is 25.1 Å². The van der Waals surface area contributed by atoms with Crippen LogP contribution < -0.4 is 5.73 Å². The van der Waals surface area contributed by atoms with Crippen LogP contribution >= 0.6 is 0 Å². The van der Waals surface area contributed by atoms with E-state index < -0.39 is 15.8 Å². The van der Waals surface area contributed by atoms with Crippen molar-refractivity contribution in [2.75, 3.05) is 7.05 Å². The molecule has 0 saturated heterocycles. The van der Waals surface area contributed by atoms with Crippen molar-refractivity contribution in [3.8, 4) is 0 Å². The SMILES string of the molecule is Cc1[nH]nc(S(=O)(=O)N(C)Cc2ccccc2F)c1CN. The van der Waals surface area contributed by atoms with Crippen molar-refractivity contribution in [2.45, 2.75) is 25.0 Å². The molecule has 21 heavy (non-hydrogen) atoms. The predicted molar refractivity (Wildman–Crippen MR) is 76.3 cm³/mol. The van der Waals surface area contributed by atoms with Crippen molar-refractivity contribution < 1.29 is 12.8 Å². The summed E-state index contributed by atoms with van der Waals surface area (Å²) in [5, 5.41) is 6.32. The maximum Gasteiger partial charge on any atom is 0.262 e. The third kappa shape index (κ3) is 2.97. The van der Waals surface area contributed by atoms with Gasteiger partial charge < -0.3 is 5.73 Å². The van der Waals surface area contributed by atoms with Crippen LogP contribution in [0, 0.1) is 12.7 Å². The van der Waals surface area contributed by atoms with E-state index in [9.17, 15) is 12.8 Å². The molecule has 0 saturated carbocycles. The smallest absolute Gasteiger partial charge is 0.262 e. The molecular weight excluding hydrogens is 295 g/mol. The van der Waals surface area contributed by atoms with E-state index in [1.165, 1.54) is 13.1 Å². The van der Waals surface area contributed by atoms with E-state index in [2.05, 4.69) is 10.2 Å². The summed E-state index contributed by atoms with van der Waals surface area (Å²) in [5.41, 5.74) is 6.91. The lowest BCUT2D eigenvalue weighted by Crippen LogP contribution is -2.28. The zero-order valence-corrected chi connectivity index (χ0v) is 12.6. The van der Waals surface area contributed by atoms with Gasteiger partial charge in [-0.05, 0) is 13.0 Å². The molecule has 0 bridgehead atoms. The van der Waals surface area contributed by atoms with E-state index in [-0.39, 0.29) is 18.1 Å². The Morgan fingerprint density at radius 3 is 2.67 bits per heavy atom. The first kappa shape index (κ1) is 15.6. The van der Waals surface area contributed by atoms with Gasteiger partial charge >= 0.3 is 0 Å². The van der Waals surface area contributed by atoms with Crippen LogP contribution in [0.5, 0.6) is 0 Å². The molecule has 2 aromatic rings. The minimum atomic E-state index is -3.83. The van der Waals surface area contributed by atoms with Gasteiger partial charge in [0.1, 0.15) is 5.82 Å².